The van der Waals surface area contributed by atoms with Gasteiger partial charge >= 0.3 is 0 Å². The first-order valence-corrected chi connectivity index (χ1v) is 8.39. The highest BCUT2D eigenvalue weighted by atomic mass is 16.2. The minimum absolute atomic E-state index is 0.0682. The average Bonchev–Trinajstić information content (AvgIpc) is 2.97. The van der Waals surface area contributed by atoms with Gasteiger partial charge in [0.15, 0.2) is 0 Å². The molecule has 1 atom stereocenters. The maximum Gasteiger partial charge on any atom is 0.239 e. The van der Waals surface area contributed by atoms with E-state index in [0.717, 1.165) is 42.6 Å². The Morgan fingerprint density at radius 1 is 1.22 bits per heavy atom. The van der Waals surface area contributed by atoms with Crippen LogP contribution in [0.4, 0.5) is 0 Å². The number of fused-ring (bicyclic) bond motifs is 1. The summed E-state index contributed by atoms with van der Waals surface area (Å²) in [5.41, 5.74) is 8.41. The number of para-hydroxylation sites is 1. The van der Waals surface area contributed by atoms with Crippen molar-refractivity contribution >= 4 is 16.8 Å². The number of aromatic nitrogens is 1. The molecule has 1 aromatic carbocycles. The fourth-order valence-electron chi connectivity index (χ4n) is 3.32. The number of carbonyl (C=O) groups is 1. The van der Waals surface area contributed by atoms with Crippen LogP contribution in [0.2, 0.25) is 0 Å². The number of piperazine rings is 1. The Bertz CT molecular complexity index is 670. The fourth-order valence-corrected chi connectivity index (χ4v) is 3.32. The summed E-state index contributed by atoms with van der Waals surface area (Å²) in [6.45, 7) is 7.81. The molecule has 124 valence electrons. The number of H-pyrrole nitrogens is 1. The molecule has 5 heteroatoms. The van der Waals surface area contributed by atoms with Crippen LogP contribution in [0, 0.1) is 0 Å². The van der Waals surface area contributed by atoms with Crippen molar-refractivity contribution in [2.75, 3.05) is 26.2 Å². The number of benzene rings is 1. The van der Waals surface area contributed by atoms with Gasteiger partial charge in [0.1, 0.15) is 0 Å². The lowest BCUT2D eigenvalue weighted by Crippen LogP contribution is -2.54. The first-order valence-electron chi connectivity index (χ1n) is 8.39. The van der Waals surface area contributed by atoms with E-state index in [2.05, 4.69) is 29.8 Å². The van der Waals surface area contributed by atoms with Gasteiger partial charge in [0, 0.05) is 49.3 Å². The fraction of sp³-hybridized carbons (Fsp3) is 0.500. The predicted molar refractivity (Wildman–Crippen MR) is 93.3 cm³/mol. The van der Waals surface area contributed by atoms with Crippen molar-refractivity contribution in [2.24, 2.45) is 5.73 Å². The van der Waals surface area contributed by atoms with Gasteiger partial charge in [0.25, 0.3) is 0 Å². The molecule has 0 aliphatic carbocycles. The number of amides is 1. The molecule has 3 N–H and O–H groups in total. The van der Waals surface area contributed by atoms with E-state index < -0.39 is 6.04 Å². The summed E-state index contributed by atoms with van der Waals surface area (Å²) in [6, 6.07) is 8.18. The third-order valence-corrected chi connectivity index (χ3v) is 4.79. The monoisotopic (exact) mass is 314 g/mol. The Morgan fingerprint density at radius 2 is 1.91 bits per heavy atom. The molecule has 1 aliphatic rings. The molecule has 0 spiro atoms. The maximum absolute atomic E-state index is 12.6. The van der Waals surface area contributed by atoms with Crippen LogP contribution in [-0.4, -0.2) is 59.0 Å². The predicted octanol–water partition coefficient (Wildman–Crippen LogP) is 1.59. The van der Waals surface area contributed by atoms with Crippen LogP contribution < -0.4 is 5.73 Å². The topological polar surface area (TPSA) is 65.4 Å². The van der Waals surface area contributed by atoms with Gasteiger partial charge in [-0.15, -0.1) is 0 Å². The van der Waals surface area contributed by atoms with Gasteiger partial charge in [-0.05, 0) is 31.9 Å². The van der Waals surface area contributed by atoms with Crippen LogP contribution in [-0.2, 0) is 11.2 Å². The highest BCUT2D eigenvalue weighted by Gasteiger charge is 2.26. The summed E-state index contributed by atoms with van der Waals surface area (Å²) in [6.07, 6.45) is 2.54. The zero-order valence-corrected chi connectivity index (χ0v) is 14.0. The van der Waals surface area contributed by atoms with Crippen molar-refractivity contribution < 1.29 is 4.79 Å². The number of carbonyl (C=O) groups excluding carboxylic acids is 1. The first-order chi connectivity index (χ1) is 11.1. The molecule has 1 aliphatic heterocycles. The Kier molecular flexibility index (Phi) is 4.68. The second kappa shape index (κ2) is 6.72. The minimum atomic E-state index is -0.472. The van der Waals surface area contributed by atoms with Gasteiger partial charge in [0.05, 0.1) is 6.04 Å². The van der Waals surface area contributed by atoms with Crippen molar-refractivity contribution in [3.8, 4) is 0 Å². The summed E-state index contributed by atoms with van der Waals surface area (Å²) in [7, 11) is 0. The van der Waals surface area contributed by atoms with E-state index in [0.29, 0.717) is 12.5 Å². The van der Waals surface area contributed by atoms with Gasteiger partial charge in [-0.1, -0.05) is 18.2 Å². The minimum Gasteiger partial charge on any atom is -0.361 e. The Morgan fingerprint density at radius 3 is 2.61 bits per heavy atom. The lowest BCUT2D eigenvalue weighted by molar-refractivity contribution is -0.134. The molecule has 2 aromatic rings. The Balaban J connectivity index is 1.62. The molecule has 23 heavy (non-hydrogen) atoms. The van der Waals surface area contributed by atoms with Crippen LogP contribution in [0.3, 0.4) is 0 Å². The number of nitrogens with one attached hydrogen (secondary N) is 1. The van der Waals surface area contributed by atoms with Crippen LogP contribution in [0.25, 0.3) is 10.9 Å². The molecular weight excluding hydrogens is 288 g/mol. The van der Waals surface area contributed by atoms with E-state index in [9.17, 15) is 4.79 Å². The normalized spacial score (nSPS) is 17.8. The summed E-state index contributed by atoms with van der Waals surface area (Å²) >= 11 is 0. The van der Waals surface area contributed by atoms with Crippen LogP contribution >= 0.6 is 0 Å². The van der Waals surface area contributed by atoms with Crippen molar-refractivity contribution in [2.45, 2.75) is 32.4 Å². The number of nitrogens with two attached hydrogens (primary N) is 1. The molecular formula is C18H26N4O. The molecule has 3 rings (SSSR count). The van der Waals surface area contributed by atoms with Gasteiger partial charge in [0.2, 0.25) is 5.91 Å². The van der Waals surface area contributed by atoms with Gasteiger partial charge in [-0.25, -0.2) is 0 Å². The molecule has 5 nitrogen and oxygen atoms in total. The van der Waals surface area contributed by atoms with Gasteiger partial charge < -0.3 is 15.6 Å². The van der Waals surface area contributed by atoms with Crippen LogP contribution in [0.1, 0.15) is 19.4 Å². The number of hydrogen-bond acceptors (Lipinski definition) is 3. The van der Waals surface area contributed by atoms with Crippen molar-refractivity contribution in [1.82, 2.24) is 14.8 Å². The molecule has 0 radical (unpaired) electrons. The highest BCUT2D eigenvalue weighted by molar-refractivity contribution is 5.86. The lowest BCUT2D eigenvalue weighted by atomic mass is 10.0. The Labute approximate surface area is 137 Å². The van der Waals surface area contributed by atoms with E-state index in [1.807, 2.05) is 29.3 Å². The van der Waals surface area contributed by atoms with Gasteiger partial charge in [-0.2, -0.15) is 0 Å². The quantitative estimate of drug-likeness (QED) is 0.901. The zero-order valence-electron chi connectivity index (χ0n) is 14.0. The molecule has 1 amide bonds. The van der Waals surface area contributed by atoms with Crippen molar-refractivity contribution in [3.63, 3.8) is 0 Å². The van der Waals surface area contributed by atoms with Crippen LogP contribution in [0.15, 0.2) is 30.5 Å². The molecule has 1 saturated heterocycles. The molecule has 0 saturated carbocycles. The lowest BCUT2D eigenvalue weighted by Gasteiger charge is -2.37. The average molecular weight is 314 g/mol. The summed E-state index contributed by atoms with van der Waals surface area (Å²) in [5, 5.41) is 1.15. The summed E-state index contributed by atoms with van der Waals surface area (Å²) in [5.74, 6) is 0.0682. The first kappa shape index (κ1) is 16.0. The molecule has 2 heterocycles. The molecule has 1 fully saturated rings. The summed E-state index contributed by atoms with van der Waals surface area (Å²) < 4.78 is 0. The largest absolute Gasteiger partial charge is 0.361 e. The maximum atomic E-state index is 12.6. The van der Waals surface area contributed by atoms with E-state index in [1.165, 1.54) is 0 Å². The second-order valence-electron chi connectivity index (χ2n) is 6.63. The third-order valence-electron chi connectivity index (χ3n) is 4.79. The Hall–Kier alpha value is -1.85. The molecule has 0 unspecified atom stereocenters. The van der Waals surface area contributed by atoms with Crippen molar-refractivity contribution in [1.29, 1.82) is 0 Å². The summed E-state index contributed by atoms with van der Waals surface area (Å²) in [4.78, 5) is 20.2. The van der Waals surface area contributed by atoms with Crippen molar-refractivity contribution in [3.05, 3.63) is 36.0 Å². The number of nitrogens with zero attached hydrogens (tertiary/aromatic N) is 2. The van der Waals surface area contributed by atoms with E-state index >= 15 is 0 Å². The molecule has 0 bridgehead atoms. The van der Waals surface area contributed by atoms with Crippen LogP contribution in [0.5, 0.6) is 0 Å². The molecule has 1 aromatic heterocycles. The smallest absolute Gasteiger partial charge is 0.239 e. The van der Waals surface area contributed by atoms with Gasteiger partial charge in [-0.3, -0.25) is 9.69 Å². The van der Waals surface area contributed by atoms with E-state index in [-0.39, 0.29) is 5.91 Å². The highest BCUT2D eigenvalue weighted by Crippen LogP contribution is 2.19. The number of rotatable bonds is 4. The van der Waals surface area contributed by atoms with E-state index in [1.54, 1.807) is 0 Å². The third kappa shape index (κ3) is 3.41. The second-order valence-corrected chi connectivity index (χ2v) is 6.63. The number of aromatic amines is 1. The van der Waals surface area contributed by atoms with E-state index in [4.69, 9.17) is 5.73 Å². The SMILES string of the molecule is CC(C)N1CCN(C(=O)[C@@H](N)Cc2c[nH]c3ccccc23)CC1. The standard InChI is InChI=1S/C18H26N4O/c1-13(2)21-7-9-22(10-8-21)18(23)16(19)11-14-12-20-17-6-4-3-5-15(14)17/h3-6,12-13,16,20H,7-11,19H2,1-2H3/t16-/m0/s1. The number of hydrogen-bond donors (Lipinski definition) is 2. The zero-order chi connectivity index (χ0) is 16.4.